The minimum absolute atomic E-state index is 0.0750. The first-order valence-corrected chi connectivity index (χ1v) is 10.1. The lowest BCUT2D eigenvalue weighted by Gasteiger charge is -2.30. The number of aromatic nitrogens is 1. The van der Waals surface area contributed by atoms with Crippen LogP contribution in [0.15, 0.2) is 47.4 Å². The molecule has 0 atom stereocenters. The second kappa shape index (κ2) is 8.52. The molecule has 2 aromatic rings. The van der Waals surface area contributed by atoms with Crippen LogP contribution in [0.25, 0.3) is 0 Å². The van der Waals surface area contributed by atoms with E-state index >= 15 is 0 Å². The summed E-state index contributed by atoms with van der Waals surface area (Å²) in [6.07, 6.45) is 3.25. The Labute approximate surface area is 154 Å². The maximum atomic E-state index is 12.7. The molecule has 0 radical (unpaired) electrons. The summed E-state index contributed by atoms with van der Waals surface area (Å²) in [5.41, 5.74) is 2.89. The van der Waals surface area contributed by atoms with Crippen molar-refractivity contribution in [2.45, 2.75) is 43.8 Å². The van der Waals surface area contributed by atoms with E-state index in [0.29, 0.717) is 5.69 Å². The van der Waals surface area contributed by atoms with Gasteiger partial charge in [0.2, 0.25) is 0 Å². The number of nitrogens with zero attached hydrogens (tertiary/aromatic N) is 2. The molecule has 1 fully saturated rings. The number of rotatable bonds is 5. The first-order chi connectivity index (χ1) is 12.2. The minimum Gasteiger partial charge on any atom is -0.337 e. The fraction of sp³-hybridized carbons (Fsp3) is 0.429. The quantitative estimate of drug-likeness (QED) is 0.723. The van der Waals surface area contributed by atoms with Crippen LogP contribution >= 0.6 is 11.8 Å². The summed E-state index contributed by atoms with van der Waals surface area (Å²) in [4.78, 5) is 20.4. The summed E-state index contributed by atoms with van der Waals surface area (Å²) < 4.78 is 0. The van der Waals surface area contributed by atoms with Crippen LogP contribution in [-0.4, -0.2) is 28.9 Å². The Morgan fingerprint density at radius 1 is 1.16 bits per heavy atom. The number of carbonyl (C=O) groups excluding carboxylic acids is 1. The Bertz CT molecular complexity index is 706. The number of amides is 1. The highest BCUT2D eigenvalue weighted by Gasteiger charge is 2.22. The molecule has 3 nitrogen and oxygen atoms in total. The van der Waals surface area contributed by atoms with Gasteiger partial charge in [-0.25, -0.2) is 4.98 Å². The van der Waals surface area contributed by atoms with Gasteiger partial charge in [0.15, 0.2) is 0 Å². The van der Waals surface area contributed by atoms with Gasteiger partial charge in [-0.15, -0.1) is 11.8 Å². The zero-order valence-corrected chi connectivity index (χ0v) is 15.9. The molecule has 4 heteroatoms. The van der Waals surface area contributed by atoms with Crippen molar-refractivity contribution in [1.82, 2.24) is 9.88 Å². The maximum absolute atomic E-state index is 12.7. The van der Waals surface area contributed by atoms with Crippen molar-refractivity contribution in [3.05, 3.63) is 59.4 Å². The number of pyridine rings is 1. The summed E-state index contributed by atoms with van der Waals surface area (Å²) in [5.74, 6) is 1.58. The highest BCUT2D eigenvalue weighted by atomic mass is 32.2. The standard InChI is InChI=1S/C21H26N2OS/c1-3-17-7-9-19(10-8-17)25-15-18-5-4-6-20(22-18)21(24)23-13-11-16(2)12-14-23/h4-10,16H,3,11-15H2,1-2H3. The number of hydrogen-bond acceptors (Lipinski definition) is 3. The van der Waals surface area contributed by atoms with E-state index in [4.69, 9.17) is 0 Å². The highest BCUT2D eigenvalue weighted by Crippen LogP contribution is 2.23. The molecule has 1 aliphatic rings. The maximum Gasteiger partial charge on any atom is 0.272 e. The molecule has 0 saturated carbocycles. The first-order valence-electron chi connectivity index (χ1n) is 9.12. The van der Waals surface area contributed by atoms with E-state index in [1.54, 1.807) is 11.8 Å². The molecule has 0 spiro atoms. The highest BCUT2D eigenvalue weighted by molar-refractivity contribution is 7.98. The van der Waals surface area contributed by atoms with Crippen LogP contribution in [0.1, 0.15) is 48.4 Å². The molecule has 2 heterocycles. The molecule has 1 saturated heterocycles. The Morgan fingerprint density at radius 3 is 2.56 bits per heavy atom. The van der Waals surface area contributed by atoms with Crippen molar-refractivity contribution in [1.29, 1.82) is 0 Å². The third-order valence-corrected chi connectivity index (χ3v) is 5.86. The van der Waals surface area contributed by atoms with E-state index in [0.717, 1.165) is 49.7 Å². The topological polar surface area (TPSA) is 33.2 Å². The van der Waals surface area contributed by atoms with Crippen molar-refractivity contribution in [3.8, 4) is 0 Å². The Morgan fingerprint density at radius 2 is 1.88 bits per heavy atom. The van der Waals surface area contributed by atoms with E-state index in [-0.39, 0.29) is 5.91 Å². The molecule has 3 rings (SSSR count). The largest absolute Gasteiger partial charge is 0.337 e. The lowest BCUT2D eigenvalue weighted by molar-refractivity contribution is 0.0691. The normalized spacial score (nSPS) is 15.4. The average molecular weight is 355 g/mol. The molecule has 0 unspecified atom stereocenters. The number of benzene rings is 1. The SMILES string of the molecule is CCc1ccc(SCc2cccc(C(=O)N3CCC(C)CC3)n2)cc1. The molecular weight excluding hydrogens is 328 g/mol. The second-order valence-electron chi connectivity index (χ2n) is 6.78. The fourth-order valence-corrected chi connectivity index (χ4v) is 3.84. The van der Waals surface area contributed by atoms with E-state index in [1.807, 2.05) is 23.1 Å². The Hall–Kier alpha value is -1.81. The molecule has 25 heavy (non-hydrogen) atoms. The van der Waals surface area contributed by atoms with Crippen molar-refractivity contribution in [2.24, 2.45) is 5.92 Å². The lowest BCUT2D eigenvalue weighted by atomic mass is 9.99. The summed E-state index contributed by atoms with van der Waals surface area (Å²) in [5, 5.41) is 0. The van der Waals surface area contributed by atoms with Crippen LogP contribution in [0.3, 0.4) is 0 Å². The molecule has 0 N–H and O–H groups in total. The van der Waals surface area contributed by atoms with Crippen LogP contribution in [0.4, 0.5) is 0 Å². The number of aryl methyl sites for hydroxylation is 1. The number of hydrogen-bond donors (Lipinski definition) is 0. The number of carbonyl (C=O) groups is 1. The number of likely N-dealkylation sites (tertiary alicyclic amines) is 1. The van der Waals surface area contributed by atoms with Crippen LogP contribution in [0.2, 0.25) is 0 Å². The zero-order chi connectivity index (χ0) is 17.6. The van der Waals surface area contributed by atoms with Gasteiger partial charge in [-0.2, -0.15) is 0 Å². The van der Waals surface area contributed by atoms with E-state index in [9.17, 15) is 4.79 Å². The summed E-state index contributed by atoms with van der Waals surface area (Å²) in [7, 11) is 0. The van der Waals surface area contributed by atoms with Crippen LogP contribution in [0.5, 0.6) is 0 Å². The smallest absolute Gasteiger partial charge is 0.272 e. The second-order valence-corrected chi connectivity index (χ2v) is 7.82. The Balaban J connectivity index is 1.61. The average Bonchev–Trinajstić information content (AvgIpc) is 2.67. The summed E-state index contributed by atoms with van der Waals surface area (Å²) >= 11 is 1.76. The molecule has 132 valence electrons. The molecule has 1 amide bonds. The summed E-state index contributed by atoms with van der Waals surface area (Å²) in [6, 6.07) is 14.5. The van der Waals surface area contributed by atoms with E-state index in [2.05, 4.69) is 43.1 Å². The van der Waals surface area contributed by atoms with Gasteiger partial charge in [0.25, 0.3) is 5.91 Å². The van der Waals surface area contributed by atoms with Gasteiger partial charge in [0.1, 0.15) is 5.69 Å². The van der Waals surface area contributed by atoms with Gasteiger partial charge < -0.3 is 4.90 Å². The van der Waals surface area contributed by atoms with Gasteiger partial charge in [-0.3, -0.25) is 4.79 Å². The van der Waals surface area contributed by atoms with Crippen molar-refractivity contribution in [2.75, 3.05) is 13.1 Å². The predicted octanol–water partition coefficient (Wildman–Crippen LogP) is 4.81. The van der Waals surface area contributed by atoms with Crippen LogP contribution < -0.4 is 0 Å². The van der Waals surface area contributed by atoms with Gasteiger partial charge in [-0.1, -0.05) is 32.0 Å². The van der Waals surface area contributed by atoms with Gasteiger partial charge in [0, 0.05) is 23.7 Å². The van der Waals surface area contributed by atoms with Crippen LogP contribution in [-0.2, 0) is 12.2 Å². The van der Waals surface area contributed by atoms with Crippen molar-refractivity contribution in [3.63, 3.8) is 0 Å². The third-order valence-electron chi connectivity index (χ3n) is 4.82. The fourth-order valence-electron chi connectivity index (χ4n) is 3.03. The third kappa shape index (κ3) is 4.85. The molecule has 1 aromatic heterocycles. The molecule has 1 aromatic carbocycles. The van der Waals surface area contributed by atoms with Gasteiger partial charge in [0.05, 0.1) is 5.69 Å². The lowest BCUT2D eigenvalue weighted by Crippen LogP contribution is -2.38. The molecule has 1 aliphatic heterocycles. The van der Waals surface area contributed by atoms with E-state index in [1.165, 1.54) is 10.5 Å². The monoisotopic (exact) mass is 354 g/mol. The van der Waals surface area contributed by atoms with Gasteiger partial charge >= 0.3 is 0 Å². The predicted molar refractivity (Wildman–Crippen MR) is 104 cm³/mol. The number of thioether (sulfide) groups is 1. The molecule has 0 aliphatic carbocycles. The minimum atomic E-state index is 0.0750. The first kappa shape index (κ1) is 18.0. The van der Waals surface area contributed by atoms with E-state index < -0.39 is 0 Å². The zero-order valence-electron chi connectivity index (χ0n) is 15.1. The molecular formula is C21H26N2OS. The van der Waals surface area contributed by atoms with Crippen molar-refractivity contribution < 1.29 is 4.79 Å². The van der Waals surface area contributed by atoms with Gasteiger partial charge in [-0.05, 0) is 55.0 Å². The van der Waals surface area contributed by atoms with Crippen molar-refractivity contribution >= 4 is 17.7 Å². The summed E-state index contributed by atoms with van der Waals surface area (Å²) in [6.45, 7) is 6.12. The number of piperidine rings is 1. The Kier molecular flexibility index (Phi) is 6.14. The molecule has 0 bridgehead atoms. The van der Waals surface area contributed by atoms with Crippen LogP contribution in [0, 0.1) is 5.92 Å².